The first-order chi connectivity index (χ1) is 10.2. The maximum Gasteiger partial charge on any atom is 0.191 e. The summed E-state index contributed by atoms with van der Waals surface area (Å²) in [5.41, 5.74) is 0.816. The third kappa shape index (κ3) is 6.39. The molecule has 0 aromatic heterocycles. The van der Waals surface area contributed by atoms with Crippen molar-refractivity contribution in [2.45, 2.75) is 25.9 Å². The molecule has 0 heterocycles. The Kier molecular flexibility index (Phi) is 8.55. The molecule has 0 amide bonds. The molecule has 22 heavy (non-hydrogen) atoms. The van der Waals surface area contributed by atoms with Gasteiger partial charge < -0.3 is 20.5 Å². The number of nitrogens with one attached hydrogen (secondary N) is 2. The lowest BCUT2D eigenvalue weighted by molar-refractivity contribution is 0.186. The van der Waals surface area contributed by atoms with Gasteiger partial charge in [-0.05, 0) is 43.4 Å². The number of aliphatic hydroxyl groups excluding tert-OH is 1. The Bertz CT molecular complexity index is 478. The summed E-state index contributed by atoms with van der Waals surface area (Å²) in [6.07, 6.45) is 1.98. The fraction of sp³-hybridized carbons (Fsp3) is 0.562. The molecule has 0 spiro atoms. The van der Waals surface area contributed by atoms with Crippen LogP contribution in [0.2, 0.25) is 0 Å². The highest BCUT2D eigenvalue weighted by molar-refractivity contribution is 14.0. The van der Waals surface area contributed by atoms with Crippen molar-refractivity contribution in [2.24, 2.45) is 10.9 Å². The molecule has 1 saturated carbocycles. The fourth-order valence-corrected chi connectivity index (χ4v) is 2.04. The molecular formula is C16H26IN3O2. The second-order valence-electron chi connectivity index (χ2n) is 5.34. The molecule has 0 aliphatic heterocycles. The van der Waals surface area contributed by atoms with E-state index in [1.165, 1.54) is 12.8 Å². The summed E-state index contributed by atoms with van der Waals surface area (Å²) >= 11 is 0. The van der Waals surface area contributed by atoms with E-state index in [4.69, 9.17) is 4.74 Å². The fourth-order valence-electron chi connectivity index (χ4n) is 2.04. The molecule has 2 rings (SSSR count). The lowest BCUT2D eigenvalue weighted by Crippen LogP contribution is -2.38. The van der Waals surface area contributed by atoms with E-state index in [1.807, 2.05) is 31.2 Å². The summed E-state index contributed by atoms with van der Waals surface area (Å²) in [7, 11) is 1.62. The predicted octanol–water partition coefficient (Wildman–Crippen LogP) is 2.31. The highest BCUT2D eigenvalue weighted by Crippen LogP contribution is 2.27. The maximum atomic E-state index is 10.2. The first kappa shape index (κ1) is 19.0. The summed E-state index contributed by atoms with van der Waals surface area (Å²) in [4.78, 5) is 4.45. The zero-order chi connectivity index (χ0) is 15.1. The Morgan fingerprint density at radius 3 is 2.82 bits per heavy atom. The first-order valence-corrected chi connectivity index (χ1v) is 7.57. The van der Waals surface area contributed by atoms with Crippen LogP contribution in [0.5, 0.6) is 5.75 Å². The van der Waals surface area contributed by atoms with Crippen molar-refractivity contribution < 1.29 is 9.84 Å². The molecule has 1 fully saturated rings. The van der Waals surface area contributed by atoms with Gasteiger partial charge in [0.25, 0.3) is 0 Å². The molecular weight excluding hydrogens is 393 g/mol. The Balaban J connectivity index is 0.00000242. The van der Waals surface area contributed by atoms with Crippen LogP contribution in [0.1, 0.15) is 31.4 Å². The average Bonchev–Trinajstić information content (AvgIpc) is 3.34. The molecule has 1 aromatic rings. The van der Waals surface area contributed by atoms with E-state index in [-0.39, 0.29) is 24.0 Å². The predicted molar refractivity (Wildman–Crippen MR) is 100 cm³/mol. The summed E-state index contributed by atoms with van der Waals surface area (Å²) in [5.74, 6) is 2.30. The van der Waals surface area contributed by atoms with Crippen LogP contribution in [-0.4, -0.2) is 37.8 Å². The van der Waals surface area contributed by atoms with Gasteiger partial charge in [-0.2, -0.15) is 0 Å². The van der Waals surface area contributed by atoms with Gasteiger partial charge in [-0.15, -0.1) is 24.0 Å². The van der Waals surface area contributed by atoms with Crippen LogP contribution in [0.25, 0.3) is 0 Å². The molecule has 124 valence electrons. The van der Waals surface area contributed by atoms with Crippen LogP contribution >= 0.6 is 24.0 Å². The second kappa shape index (κ2) is 9.89. The minimum atomic E-state index is -0.628. The van der Waals surface area contributed by atoms with Crippen molar-refractivity contribution in [3.05, 3.63) is 29.8 Å². The topological polar surface area (TPSA) is 65.9 Å². The molecule has 0 bridgehead atoms. The first-order valence-electron chi connectivity index (χ1n) is 7.57. The largest absolute Gasteiger partial charge is 0.497 e. The Morgan fingerprint density at radius 1 is 1.41 bits per heavy atom. The quantitative estimate of drug-likeness (QED) is 0.361. The smallest absolute Gasteiger partial charge is 0.191 e. The third-order valence-electron chi connectivity index (χ3n) is 3.50. The van der Waals surface area contributed by atoms with Crippen molar-refractivity contribution in [2.75, 3.05) is 26.7 Å². The van der Waals surface area contributed by atoms with Gasteiger partial charge >= 0.3 is 0 Å². The summed E-state index contributed by atoms with van der Waals surface area (Å²) in [6, 6.07) is 7.45. The van der Waals surface area contributed by atoms with Crippen molar-refractivity contribution >= 4 is 29.9 Å². The molecule has 0 radical (unpaired) electrons. The van der Waals surface area contributed by atoms with Crippen molar-refractivity contribution in [3.8, 4) is 5.75 Å². The number of nitrogens with zero attached hydrogens (tertiary/aromatic N) is 1. The van der Waals surface area contributed by atoms with Crippen LogP contribution < -0.4 is 15.4 Å². The lowest BCUT2D eigenvalue weighted by atomic mass is 10.1. The molecule has 1 atom stereocenters. The van der Waals surface area contributed by atoms with Crippen molar-refractivity contribution in [3.63, 3.8) is 0 Å². The van der Waals surface area contributed by atoms with Gasteiger partial charge in [0.15, 0.2) is 5.96 Å². The highest BCUT2D eigenvalue weighted by Gasteiger charge is 2.21. The zero-order valence-corrected chi connectivity index (χ0v) is 15.5. The molecule has 1 unspecified atom stereocenters. The van der Waals surface area contributed by atoms with E-state index in [1.54, 1.807) is 7.11 Å². The van der Waals surface area contributed by atoms with E-state index in [2.05, 4.69) is 15.6 Å². The van der Waals surface area contributed by atoms with E-state index in [9.17, 15) is 5.11 Å². The van der Waals surface area contributed by atoms with Gasteiger partial charge in [0.2, 0.25) is 0 Å². The number of halogens is 1. The molecule has 3 N–H and O–H groups in total. The van der Waals surface area contributed by atoms with Crippen molar-refractivity contribution in [1.82, 2.24) is 10.6 Å². The number of hydrogen-bond acceptors (Lipinski definition) is 3. The number of hydrogen-bond donors (Lipinski definition) is 3. The normalized spacial score (nSPS) is 15.7. The van der Waals surface area contributed by atoms with Gasteiger partial charge in [-0.25, -0.2) is 0 Å². The SMILES string of the molecule is CCNC(=NCC(O)c1cccc(OC)c1)NCC1CC1.I. The van der Waals surface area contributed by atoms with E-state index in [0.717, 1.165) is 36.3 Å². The van der Waals surface area contributed by atoms with Gasteiger partial charge in [0, 0.05) is 13.1 Å². The van der Waals surface area contributed by atoms with E-state index >= 15 is 0 Å². The lowest BCUT2D eigenvalue weighted by Gasteiger charge is -2.13. The van der Waals surface area contributed by atoms with Crippen molar-refractivity contribution in [1.29, 1.82) is 0 Å². The van der Waals surface area contributed by atoms with Gasteiger partial charge in [0.05, 0.1) is 19.8 Å². The second-order valence-corrected chi connectivity index (χ2v) is 5.34. The molecule has 1 aromatic carbocycles. The summed E-state index contributed by atoms with van der Waals surface area (Å²) < 4.78 is 5.17. The Labute approximate surface area is 149 Å². The standard InChI is InChI=1S/C16H25N3O2.HI/c1-3-17-16(18-10-12-7-8-12)19-11-15(20)13-5-4-6-14(9-13)21-2;/h4-6,9,12,15,20H,3,7-8,10-11H2,1-2H3,(H2,17,18,19);1H. The minimum Gasteiger partial charge on any atom is -0.497 e. The van der Waals surface area contributed by atoms with Gasteiger partial charge in [-0.3, -0.25) is 4.99 Å². The monoisotopic (exact) mass is 419 g/mol. The molecule has 5 nitrogen and oxygen atoms in total. The Hall–Kier alpha value is -1.02. The molecule has 0 saturated heterocycles. The number of guanidine groups is 1. The molecule has 1 aliphatic carbocycles. The van der Waals surface area contributed by atoms with Crippen LogP contribution in [0.15, 0.2) is 29.3 Å². The third-order valence-corrected chi connectivity index (χ3v) is 3.50. The summed E-state index contributed by atoms with van der Waals surface area (Å²) in [6.45, 7) is 4.13. The van der Waals surface area contributed by atoms with E-state index in [0.29, 0.717) is 6.54 Å². The number of aliphatic hydroxyl groups is 1. The Morgan fingerprint density at radius 2 is 2.18 bits per heavy atom. The van der Waals surface area contributed by atoms with Gasteiger partial charge in [-0.1, -0.05) is 12.1 Å². The number of ether oxygens (including phenoxy) is 1. The number of methoxy groups -OCH3 is 1. The summed E-state index contributed by atoms with van der Waals surface area (Å²) in [5, 5.41) is 16.7. The molecule has 1 aliphatic rings. The highest BCUT2D eigenvalue weighted by atomic mass is 127. The number of benzene rings is 1. The zero-order valence-electron chi connectivity index (χ0n) is 13.2. The minimum absolute atomic E-state index is 0. The van der Waals surface area contributed by atoms with Crippen LogP contribution in [0, 0.1) is 5.92 Å². The van der Waals surface area contributed by atoms with Crippen LogP contribution in [0.3, 0.4) is 0 Å². The molecule has 6 heteroatoms. The van der Waals surface area contributed by atoms with Crippen LogP contribution in [-0.2, 0) is 0 Å². The maximum absolute atomic E-state index is 10.2. The average molecular weight is 419 g/mol. The van der Waals surface area contributed by atoms with Crippen LogP contribution in [0.4, 0.5) is 0 Å². The number of rotatable bonds is 7. The van der Waals surface area contributed by atoms with Gasteiger partial charge in [0.1, 0.15) is 5.75 Å². The van der Waals surface area contributed by atoms with E-state index < -0.39 is 6.10 Å². The number of aliphatic imine (C=N–C) groups is 1.